The molecule has 8 heteroatoms. The first-order valence-electron chi connectivity index (χ1n) is 6.94. The maximum Gasteiger partial charge on any atom is 0.315 e. The van der Waals surface area contributed by atoms with Crippen LogP contribution in [0.5, 0.6) is 0 Å². The Hall–Kier alpha value is -2.51. The molecule has 0 saturated carbocycles. The number of anilines is 1. The van der Waals surface area contributed by atoms with Gasteiger partial charge in [-0.25, -0.2) is 9.97 Å². The van der Waals surface area contributed by atoms with Crippen molar-refractivity contribution in [2.75, 3.05) is 11.9 Å². The number of nitrogens with zero attached hydrogens (tertiary/aromatic N) is 5. The van der Waals surface area contributed by atoms with Crippen molar-refractivity contribution < 1.29 is 4.92 Å². The molecule has 21 heavy (non-hydrogen) atoms. The standard InChI is InChI=1S/C13H18N6O2/c1-3-6-14-13-15-9-11(19(20)21)12(17-13)10-5-7-16-18(10)8-4-2/h5,7,9H,3-4,6,8H2,1-2H3,(H,14,15,17). The zero-order chi connectivity index (χ0) is 15.2. The molecule has 0 amide bonds. The summed E-state index contributed by atoms with van der Waals surface area (Å²) in [6.45, 7) is 5.44. The van der Waals surface area contributed by atoms with Gasteiger partial charge in [-0.1, -0.05) is 13.8 Å². The molecule has 2 aromatic rings. The molecule has 8 nitrogen and oxygen atoms in total. The van der Waals surface area contributed by atoms with E-state index in [1.54, 1.807) is 16.9 Å². The largest absolute Gasteiger partial charge is 0.354 e. The Morgan fingerprint density at radius 2 is 2.19 bits per heavy atom. The van der Waals surface area contributed by atoms with Gasteiger partial charge in [0.05, 0.1) is 10.6 Å². The maximum atomic E-state index is 11.2. The van der Waals surface area contributed by atoms with E-state index < -0.39 is 4.92 Å². The molecule has 0 spiro atoms. The van der Waals surface area contributed by atoms with Crippen molar-refractivity contribution in [1.82, 2.24) is 19.7 Å². The Balaban J connectivity index is 2.47. The van der Waals surface area contributed by atoms with E-state index in [0.29, 0.717) is 30.4 Å². The van der Waals surface area contributed by atoms with Crippen molar-refractivity contribution in [3.05, 3.63) is 28.6 Å². The van der Waals surface area contributed by atoms with E-state index in [9.17, 15) is 10.1 Å². The zero-order valence-corrected chi connectivity index (χ0v) is 12.1. The summed E-state index contributed by atoms with van der Waals surface area (Å²) in [7, 11) is 0. The number of aromatic nitrogens is 4. The number of nitro groups is 1. The molecule has 2 aromatic heterocycles. The Labute approximate surface area is 122 Å². The van der Waals surface area contributed by atoms with Crippen LogP contribution in [0.15, 0.2) is 18.5 Å². The third kappa shape index (κ3) is 3.33. The molecule has 0 fully saturated rings. The summed E-state index contributed by atoms with van der Waals surface area (Å²) in [6.07, 6.45) is 4.66. The molecule has 0 radical (unpaired) electrons. The summed E-state index contributed by atoms with van der Waals surface area (Å²) in [5.74, 6) is 0.390. The molecule has 0 aliphatic carbocycles. The molecule has 0 aliphatic rings. The summed E-state index contributed by atoms with van der Waals surface area (Å²) in [5.41, 5.74) is 0.806. The lowest BCUT2D eigenvalue weighted by Crippen LogP contribution is -2.08. The summed E-state index contributed by atoms with van der Waals surface area (Å²) in [6, 6.07) is 1.73. The first kappa shape index (κ1) is 14.9. The van der Waals surface area contributed by atoms with Crippen LogP contribution in [0.4, 0.5) is 11.6 Å². The molecule has 0 bridgehead atoms. The van der Waals surface area contributed by atoms with Crippen LogP contribution in [0.3, 0.4) is 0 Å². The molecule has 0 atom stereocenters. The van der Waals surface area contributed by atoms with Gasteiger partial charge >= 0.3 is 5.69 Å². The quantitative estimate of drug-likeness (QED) is 0.621. The fraction of sp³-hybridized carbons (Fsp3) is 0.462. The Morgan fingerprint density at radius 1 is 1.38 bits per heavy atom. The number of aryl methyl sites for hydroxylation is 1. The Bertz CT molecular complexity index is 625. The van der Waals surface area contributed by atoms with Gasteiger partial charge in [0.25, 0.3) is 0 Å². The highest BCUT2D eigenvalue weighted by molar-refractivity contribution is 5.67. The summed E-state index contributed by atoms with van der Waals surface area (Å²) in [5, 5.41) is 18.4. The zero-order valence-electron chi connectivity index (χ0n) is 12.1. The lowest BCUT2D eigenvalue weighted by atomic mass is 10.2. The molecule has 0 unspecified atom stereocenters. The fourth-order valence-electron chi connectivity index (χ4n) is 1.94. The van der Waals surface area contributed by atoms with Gasteiger partial charge in [-0.05, 0) is 18.9 Å². The minimum absolute atomic E-state index is 0.116. The van der Waals surface area contributed by atoms with Crippen molar-refractivity contribution in [3.8, 4) is 11.4 Å². The number of nitrogens with one attached hydrogen (secondary N) is 1. The second-order valence-corrected chi connectivity index (χ2v) is 4.55. The van der Waals surface area contributed by atoms with Crippen LogP contribution in [-0.2, 0) is 6.54 Å². The first-order chi connectivity index (χ1) is 10.2. The van der Waals surface area contributed by atoms with Crippen LogP contribution in [0, 0.1) is 10.1 Å². The maximum absolute atomic E-state index is 11.2. The van der Waals surface area contributed by atoms with Crippen molar-refractivity contribution >= 4 is 11.6 Å². The summed E-state index contributed by atoms with van der Waals surface area (Å²) in [4.78, 5) is 19.0. The topological polar surface area (TPSA) is 98.8 Å². The fourth-order valence-corrected chi connectivity index (χ4v) is 1.94. The van der Waals surface area contributed by atoms with E-state index in [4.69, 9.17) is 0 Å². The van der Waals surface area contributed by atoms with Crippen LogP contribution < -0.4 is 5.32 Å². The molecular formula is C13H18N6O2. The molecule has 0 saturated heterocycles. The van der Waals surface area contributed by atoms with Crippen molar-refractivity contribution in [3.63, 3.8) is 0 Å². The van der Waals surface area contributed by atoms with Gasteiger partial charge in [0, 0.05) is 19.3 Å². The highest BCUT2D eigenvalue weighted by Crippen LogP contribution is 2.28. The summed E-state index contributed by atoms with van der Waals surface area (Å²) >= 11 is 0. The van der Waals surface area contributed by atoms with Gasteiger partial charge in [0.2, 0.25) is 5.95 Å². The Morgan fingerprint density at radius 3 is 2.86 bits per heavy atom. The summed E-state index contributed by atoms with van der Waals surface area (Å²) < 4.78 is 1.72. The smallest absolute Gasteiger partial charge is 0.315 e. The van der Waals surface area contributed by atoms with E-state index in [1.165, 1.54) is 6.20 Å². The van der Waals surface area contributed by atoms with Gasteiger partial charge in [-0.2, -0.15) is 5.10 Å². The third-order valence-electron chi connectivity index (χ3n) is 2.89. The van der Waals surface area contributed by atoms with E-state index in [2.05, 4.69) is 20.4 Å². The second-order valence-electron chi connectivity index (χ2n) is 4.55. The van der Waals surface area contributed by atoms with Crippen LogP contribution in [0.1, 0.15) is 26.7 Å². The lowest BCUT2D eigenvalue weighted by Gasteiger charge is -2.08. The van der Waals surface area contributed by atoms with Gasteiger partial charge < -0.3 is 5.32 Å². The number of hydrogen-bond acceptors (Lipinski definition) is 6. The molecule has 0 aromatic carbocycles. The van der Waals surface area contributed by atoms with Gasteiger partial charge in [-0.15, -0.1) is 0 Å². The van der Waals surface area contributed by atoms with E-state index in [-0.39, 0.29) is 5.69 Å². The number of rotatable bonds is 7. The van der Waals surface area contributed by atoms with Crippen LogP contribution >= 0.6 is 0 Å². The monoisotopic (exact) mass is 290 g/mol. The van der Waals surface area contributed by atoms with E-state index in [0.717, 1.165) is 12.8 Å². The molecule has 2 heterocycles. The average molecular weight is 290 g/mol. The highest BCUT2D eigenvalue weighted by atomic mass is 16.6. The minimum Gasteiger partial charge on any atom is -0.354 e. The van der Waals surface area contributed by atoms with Crippen LogP contribution in [0.25, 0.3) is 11.4 Å². The van der Waals surface area contributed by atoms with Crippen molar-refractivity contribution in [2.24, 2.45) is 0 Å². The van der Waals surface area contributed by atoms with Gasteiger partial charge in [-0.3, -0.25) is 14.8 Å². The predicted octanol–water partition coefficient (Wildman–Crippen LogP) is 2.48. The molecule has 112 valence electrons. The molecule has 2 rings (SSSR count). The van der Waals surface area contributed by atoms with E-state index >= 15 is 0 Å². The first-order valence-corrected chi connectivity index (χ1v) is 6.94. The van der Waals surface area contributed by atoms with Crippen LogP contribution in [-0.4, -0.2) is 31.2 Å². The molecular weight excluding hydrogens is 272 g/mol. The van der Waals surface area contributed by atoms with Gasteiger partial charge in [0.15, 0.2) is 5.69 Å². The van der Waals surface area contributed by atoms with Crippen molar-refractivity contribution in [1.29, 1.82) is 0 Å². The predicted molar refractivity (Wildman–Crippen MR) is 79.0 cm³/mol. The van der Waals surface area contributed by atoms with E-state index in [1.807, 2.05) is 13.8 Å². The second kappa shape index (κ2) is 6.78. The van der Waals surface area contributed by atoms with Crippen LogP contribution in [0.2, 0.25) is 0 Å². The highest BCUT2D eigenvalue weighted by Gasteiger charge is 2.21. The number of hydrogen-bond donors (Lipinski definition) is 1. The van der Waals surface area contributed by atoms with Crippen molar-refractivity contribution in [2.45, 2.75) is 33.2 Å². The minimum atomic E-state index is -0.470. The van der Waals surface area contributed by atoms with Gasteiger partial charge in [0.1, 0.15) is 6.20 Å². The average Bonchev–Trinajstić information content (AvgIpc) is 2.93. The molecule has 0 aliphatic heterocycles. The Kier molecular flexibility index (Phi) is 4.81. The SMILES string of the molecule is CCCNc1ncc([N+](=O)[O-])c(-c2ccnn2CCC)n1. The lowest BCUT2D eigenvalue weighted by molar-refractivity contribution is -0.384. The normalized spacial score (nSPS) is 10.6. The molecule has 1 N–H and O–H groups in total. The third-order valence-corrected chi connectivity index (χ3v) is 2.89.